The maximum Gasteiger partial charge on any atom is 0.229 e. The molecule has 0 radical (unpaired) electrons. The molecule has 5 nitrogen and oxygen atoms in total. The minimum atomic E-state index is -0.104. The summed E-state index contributed by atoms with van der Waals surface area (Å²) in [6, 6.07) is 15.7. The number of fused-ring (bicyclic) bond motifs is 1. The summed E-state index contributed by atoms with van der Waals surface area (Å²) >= 11 is 0. The number of aromatic nitrogens is 2. The number of aromatic amines is 1. The fourth-order valence-corrected chi connectivity index (χ4v) is 2.56. The van der Waals surface area contributed by atoms with Crippen molar-refractivity contribution in [1.29, 1.82) is 0 Å². The van der Waals surface area contributed by atoms with Crippen molar-refractivity contribution in [3.05, 3.63) is 59.8 Å². The van der Waals surface area contributed by atoms with Gasteiger partial charge in [0.2, 0.25) is 5.91 Å². The number of nitrogens with one attached hydrogen (secondary N) is 2. The van der Waals surface area contributed by atoms with Gasteiger partial charge in [0.1, 0.15) is 5.82 Å². The zero-order chi connectivity index (χ0) is 16.2. The zero-order valence-electron chi connectivity index (χ0n) is 12.9. The van der Waals surface area contributed by atoms with E-state index in [1.165, 1.54) is 0 Å². The molecule has 1 amide bonds. The second-order valence-corrected chi connectivity index (χ2v) is 5.65. The highest BCUT2D eigenvalue weighted by Crippen LogP contribution is 2.20. The van der Waals surface area contributed by atoms with Gasteiger partial charge in [0, 0.05) is 12.0 Å². The summed E-state index contributed by atoms with van der Waals surface area (Å²) in [5.74, 6) is 0.383. The first-order valence-corrected chi connectivity index (χ1v) is 7.60. The third-order valence-corrected chi connectivity index (χ3v) is 3.88. The van der Waals surface area contributed by atoms with Gasteiger partial charge in [-0.15, -0.1) is 0 Å². The number of benzene rings is 2. The lowest BCUT2D eigenvalue weighted by atomic mass is 10.0. The van der Waals surface area contributed by atoms with Gasteiger partial charge in [0.25, 0.3) is 0 Å². The molecule has 0 aliphatic rings. The van der Waals surface area contributed by atoms with Gasteiger partial charge in [-0.25, -0.2) is 0 Å². The Morgan fingerprint density at radius 2 is 2.04 bits per heavy atom. The van der Waals surface area contributed by atoms with Crippen molar-refractivity contribution >= 4 is 22.5 Å². The predicted octanol–water partition coefficient (Wildman–Crippen LogP) is 2.84. The number of carbonyl (C=O) groups excluding carboxylic acids is 1. The van der Waals surface area contributed by atoms with Crippen molar-refractivity contribution in [3.8, 4) is 0 Å². The van der Waals surface area contributed by atoms with Gasteiger partial charge in [-0.3, -0.25) is 9.89 Å². The van der Waals surface area contributed by atoms with Crippen molar-refractivity contribution in [2.24, 2.45) is 0 Å². The molecule has 118 valence electrons. The smallest absolute Gasteiger partial charge is 0.229 e. The van der Waals surface area contributed by atoms with Crippen molar-refractivity contribution in [3.63, 3.8) is 0 Å². The monoisotopic (exact) mass is 309 g/mol. The topological polar surface area (TPSA) is 78.0 Å². The first kappa shape index (κ1) is 15.2. The summed E-state index contributed by atoms with van der Waals surface area (Å²) < 4.78 is 0. The Kier molecular flexibility index (Phi) is 4.39. The van der Waals surface area contributed by atoms with Crippen LogP contribution < -0.4 is 5.32 Å². The second kappa shape index (κ2) is 6.62. The second-order valence-electron chi connectivity index (χ2n) is 5.65. The number of hydrogen-bond acceptors (Lipinski definition) is 3. The molecular formula is C18H19N3O2. The molecule has 1 atom stereocenters. The standard InChI is InChI=1S/C18H19N3O2/c1-12(11-22)16-10-17(21-20-16)19-18(23)9-14-7-4-6-13-5-2-3-8-15(13)14/h2-8,10,12,22H,9,11H2,1H3,(H2,19,20,21,23)/t12-/m1/s1. The Hall–Kier alpha value is -2.66. The maximum absolute atomic E-state index is 12.3. The van der Waals surface area contributed by atoms with Crippen LogP contribution in [0.3, 0.4) is 0 Å². The number of hydrogen-bond donors (Lipinski definition) is 3. The summed E-state index contributed by atoms with van der Waals surface area (Å²) in [7, 11) is 0. The van der Waals surface area contributed by atoms with Crippen molar-refractivity contribution in [2.75, 3.05) is 11.9 Å². The van der Waals surface area contributed by atoms with E-state index in [4.69, 9.17) is 5.11 Å². The summed E-state index contributed by atoms with van der Waals surface area (Å²) in [5, 5.41) is 21.0. The summed E-state index contributed by atoms with van der Waals surface area (Å²) in [4.78, 5) is 12.3. The van der Waals surface area contributed by atoms with E-state index in [0.29, 0.717) is 12.2 Å². The highest BCUT2D eigenvalue weighted by atomic mass is 16.3. The Morgan fingerprint density at radius 3 is 2.87 bits per heavy atom. The van der Waals surface area contributed by atoms with Gasteiger partial charge < -0.3 is 10.4 Å². The molecule has 0 saturated carbocycles. The molecule has 0 aliphatic heterocycles. The lowest BCUT2D eigenvalue weighted by molar-refractivity contribution is -0.115. The molecule has 1 aromatic heterocycles. The van der Waals surface area contributed by atoms with Crippen LogP contribution in [0.2, 0.25) is 0 Å². The zero-order valence-corrected chi connectivity index (χ0v) is 12.9. The molecule has 0 bridgehead atoms. The van der Waals surface area contributed by atoms with Crippen LogP contribution in [-0.4, -0.2) is 27.8 Å². The number of aliphatic hydroxyl groups is 1. The van der Waals surface area contributed by atoms with Gasteiger partial charge in [0.15, 0.2) is 0 Å². The van der Waals surface area contributed by atoms with E-state index in [-0.39, 0.29) is 18.4 Å². The first-order valence-electron chi connectivity index (χ1n) is 7.60. The van der Waals surface area contributed by atoms with Crippen LogP contribution in [0.4, 0.5) is 5.82 Å². The molecule has 0 spiro atoms. The Bertz CT molecular complexity index is 821. The number of carbonyl (C=O) groups is 1. The lowest BCUT2D eigenvalue weighted by Gasteiger charge is -2.06. The molecule has 1 heterocycles. The quantitative estimate of drug-likeness (QED) is 0.678. The third kappa shape index (κ3) is 3.40. The summed E-state index contributed by atoms with van der Waals surface area (Å²) in [6.07, 6.45) is 0.297. The molecular weight excluding hydrogens is 290 g/mol. The van der Waals surface area contributed by atoms with E-state index in [9.17, 15) is 4.79 Å². The van der Waals surface area contributed by atoms with Crippen LogP contribution in [-0.2, 0) is 11.2 Å². The van der Waals surface area contributed by atoms with E-state index in [1.807, 2.05) is 49.4 Å². The van der Waals surface area contributed by atoms with Crippen LogP contribution in [0.15, 0.2) is 48.5 Å². The molecule has 3 N–H and O–H groups in total. The number of nitrogens with zero attached hydrogens (tertiary/aromatic N) is 1. The Balaban J connectivity index is 1.73. The average Bonchev–Trinajstić information content (AvgIpc) is 3.03. The van der Waals surface area contributed by atoms with Gasteiger partial charge in [-0.1, -0.05) is 49.4 Å². The summed E-state index contributed by atoms with van der Waals surface area (Å²) in [6.45, 7) is 1.89. The van der Waals surface area contributed by atoms with Gasteiger partial charge in [-0.05, 0) is 16.3 Å². The highest BCUT2D eigenvalue weighted by molar-refractivity contribution is 5.95. The van der Waals surface area contributed by atoms with Crippen LogP contribution >= 0.6 is 0 Å². The van der Waals surface area contributed by atoms with Crippen molar-refractivity contribution in [2.45, 2.75) is 19.3 Å². The van der Waals surface area contributed by atoms with Gasteiger partial charge in [-0.2, -0.15) is 5.10 Å². The molecule has 3 aromatic rings. The number of H-pyrrole nitrogens is 1. The van der Waals surface area contributed by atoms with Crippen LogP contribution in [0.25, 0.3) is 10.8 Å². The van der Waals surface area contributed by atoms with E-state index < -0.39 is 0 Å². The van der Waals surface area contributed by atoms with Crippen LogP contribution in [0.1, 0.15) is 24.1 Å². The molecule has 23 heavy (non-hydrogen) atoms. The van der Waals surface area contributed by atoms with E-state index in [2.05, 4.69) is 15.5 Å². The minimum absolute atomic E-state index is 0.0221. The largest absolute Gasteiger partial charge is 0.396 e. The van der Waals surface area contributed by atoms with E-state index in [0.717, 1.165) is 22.0 Å². The number of aliphatic hydroxyl groups excluding tert-OH is 1. The normalized spacial score (nSPS) is 12.3. The van der Waals surface area contributed by atoms with Crippen molar-refractivity contribution < 1.29 is 9.90 Å². The Morgan fingerprint density at radius 1 is 1.26 bits per heavy atom. The lowest BCUT2D eigenvalue weighted by Crippen LogP contribution is -2.14. The van der Waals surface area contributed by atoms with E-state index >= 15 is 0 Å². The number of amides is 1. The predicted molar refractivity (Wildman–Crippen MR) is 90.4 cm³/mol. The van der Waals surface area contributed by atoms with Crippen LogP contribution in [0.5, 0.6) is 0 Å². The number of anilines is 1. The minimum Gasteiger partial charge on any atom is -0.396 e. The molecule has 0 fully saturated rings. The molecule has 2 aromatic carbocycles. The fraction of sp³-hybridized carbons (Fsp3) is 0.222. The first-order chi connectivity index (χ1) is 11.2. The molecule has 3 rings (SSSR count). The van der Waals surface area contributed by atoms with Gasteiger partial charge >= 0.3 is 0 Å². The van der Waals surface area contributed by atoms with Crippen molar-refractivity contribution in [1.82, 2.24) is 10.2 Å². The fourth-order valence-electron chi connectivity index (χ4n) is 2.56. The Labute approximate surface area is 134 Å². The van der Waals surface area contributed by atoms with Gasteiger partial charge in [0.05, 0.1) is 18.7 Å². The maximum atomic E-state index is 12.3. The van der Waals surface area contributed by atoms with Crippen LogP contribution in [0, 0.1) is 0 Å². The summed E-state index contributed by atoms with van der Waals surface area (Å²) in [5.41, 5.74) is 1.72. The highest BCUT2D eigenvalue weighted by Gasteiger charge is 2.11. The number of rotatable bonds is 5. The SMILES string of the molecule is C[C@H](CO)c1cc(NC(=O)Cc2cccc3ccccc23)[nH]n1. The van der Waals surface area contributed by atoms with E-state index in [1.54, 1.807) is 6.07 Å². The molecule has 5 heteroatoms. The third-order valence-electron chi connectivity index (χ3n) is 3.88. The molecule has 0 aliphatic carbocycles. The molecule has 0 unspecified atom stereocenters. The molecule has 0 saturated heterocycles. The average molecular weight is 309 g/mol.